The van der Waals surface area contributed by atoms with E-state index in [1.165, 1.54) is 5.39 Å². The third-order valence-corrected chi connectivity index (χ3v) is 4.62. The van der Waals surface area contributed by atoms with Gasteiger partial charge in [0.1, 0.15) is 0 Å². The van der Waals surface area contributed by atoms with E-state index in [0.29, 0.717) is 0 Å². The molecule has 0 amide bonds. The normalized spacial score (nSPS) is 23.1. The van der Waals surface area contributed by atoms with Crippen LogP contribution >= 0.6 is 0 Å². The average Bonchev–Trinajstić information content (AvgIpc) is 2.67. The number of fused-ring (bicyclic) bond motifs is 1. The molecule has 0 aliphatic carbocycles. The van der Waals surface area contributed by atoms with Crippen LogP contribution in [0.25, 0.3) is 10.8 Å². The van der Waals surface area contributed by atoms with Gasteiger partial charge in [-0.1, -0.05) is 42.5 Å². The minimum atomic E-state index is -0.457. The molecule has 3 nitrogen and oxygen atoms in total. The van der Waals surface area contributed by atoms with Gasteiger partial charge in [0.15, 0.2) is 0 Å². The Morgan fingerprint density at radius 1 is 1.05 bits per heavy atom. The van der Waals surface area contributed by atoms with Gasteiger partial charge < -0.3 is 10.0 Å². The van der Waals surface area contributed by atoms with Crippen LogP contribution in [0.1, 0.15) is 18.1 Å². The predicted octanol–water partition coefficient (Wildman–Crippen LogP) is 2.51. The molecule has 0 saturated carbocycles. The van der Waals surface area contributed by atoms with Gasteiger partial charge in [0.25, 0.3) is 0 Å². The zero-order valence-electron chi connectivity index (χ0n) is 12.9. The minimum Gasteiger partial charge on any atom is -0.387 e. The molecule has 1 aliphatic heterocycles. The molecule has 2 aromatic carbocycles. The Balaban J connectivity index is 1.97. The molecule has 2 aromatic rings. The van der Waals surface area contributed by atoms with Crippen molar-refractivity contribution in [3.63, 3.8) is 0 Å². The molecule has 1 N–H and O–H groups in total. The van der Waals surface area contributed by atoms with E-state index in [0.717, 1.165) is 37.0 Å². The van der Waals surface area contributed by atoms with Crippen molar-refractivity contribution in [3.8, 4) is 0 Å². The quantitative estimate of drug-likeness (QED) is 0.918. The van der Waals surface area contributed by atoms with Crippen molar-refractivity contribution in [1.82, 2.24) is 9.80 Å². The monoisotopic (exact) mass is 284 g/mol. The van der Waals surface area contributed by atoms with E-state index in [2.05, 4.69) is 48.2 Å². The molecule has 3 rings (SSSR count). The number of aliphatic hydroxyl groups excluding tert-OH is 1. The van der Waals surface area contributed by atoms with Gasteiger partial charge in [0, 0.05) is 6.54 Å². The van der Waals surface area contributed by atoms with Crippen LogP contribution in [-0.2, 0) is 0 Å². The maximum atomic E-state index is 11.0. The van der Waals surface area contributed by atoms with Crippen LogP contribution in [0, 0.1) is 0 Å². The third-order valence-electron chi connectivity index (χ3n) is 4.62. The predicted molar refractivity (Wildman–Crippen MR) is 87.4 cm³/mol. The maximum Gasteiger partial charge on any atom is 0.0963 e. The fourth-order valence-electron chi connectivity index (χ4n) is 3.36. The first-order valence-electron chi connectivity index (χ1n) is 7.71. The van der Waals surface area contributed by atoms with E-state index in [9.17, 15) is 5.11 Å². The highest BCUT2D eigenvalue weighted by Gasteiger charge is 2.28. The Morgan fingerprint density at radius 2 is 1.81 bits per heavy atom. The molecule has 1 aliphatic rings. The second kappa shape index (κ2) is 6.14. The van der Waals surface area contributed by atoms with Crippen molar-refractivity contribution in [2.45, 2.75) is 18.6 Å². The zero-order chi connectivity index (χ0) is 14.8. The smallest absolute Gasteiger partial charge is 0.0963 e. The molecule has 1 heterocycles. The highest BCUT2D eigenvalue weighted by Crippen LogP contribution is 2.29. The third kappa shape index (κ3) is 2.95. The van der Waals surface area contributed by atoms with Gasteiger partial charge in [-0.15, -0.1) is 0 Å². The Bertz CT molecular complexity index is 608. The lowest BCUT2D eigenvalue weighted by molar-refractivity contribution is 0.0582. The fraction of sp³-hybridized carbons (Fsp3) is 0.444. The van der Waals surface area contributed by atoms with E-state index >= 15 is 0 Å². The van der Waals surface area contributed by atoms with Crippen molar-refractivity contribution in [2.24, 2.45) is 0 Å². The van der Waals surface area contributed by atoms with Crippen LogP contribution in [-0.4, -0.2) is 54.7 Å². The Morgan fingerprint density at radius 3 is 2.67 bits per heavy atom. The van der Waals surface area contributed by atoms with Crippen LogP contribution in [0.3, 0.4) is 0 Å². The SMILES string of the molecule is CN1CCCN(C)C(C(O)c2cccc3ccccc23)C1. The van der Waals surface area contributed by atoms with Crippen molar-refractivity contribution in [1.29, 1.82) is 0 Å². The number of aliphatic hydroxyl groups is 1. The van der Waals surface area contributed by atoms with Crippen LogP contribution in [0.5, 0.6) is 0 Å². The van der Waals surface area contributed by atoms with Crippen LogP contribution < -0.4 is 0 Å². The lowest BCUT2D eigenvalue weighted by atomic mass is 9.95. The number of benzene rings is 2. The summed E-state index contributed by atoms with van der Waals surface area (Å²) in [5, 5.41) is 13.3. The van der Waals surface area contributed by atoms with Gasteiger partial charge in [-0.3, -0.25) is 4.90 Å². The molecule has 0 aromatic heterocycles. The summed E-state index contributed by atoms with van der Waals surface area (Å²) in [6.45, 7) is 3.04. The standard InChI is InChI=1S/C18H24N2O/c1-19-11-6-12-20(2)17(13-19)18(21)16-10-5-8-14-7-3-4-9-15(14)16/h3-5,7-10,17-18,21H,6,11-13H2,1-2H3. The minimum absolute atomic E-state index is 0.142. The van der Waals surface area contributed by atoms with E-state index in [4.69, 9.17) is 0 Å². The van der Waals surface area contributed by atoms with Gasteiger partial charge in [-0.2, -0.15) is 0 Å². The molecule has 0 spiro atoms. The first-order valence-corrected chi connectivity index (χ1v) is 7.71. The molecule has 112 valence electrons. The molecule has 1 saturated heterocycles. The second-order valence-electron chi connectivity index (χ2n) is 6.18. The zero-order valence-corrected chi connectivity index (χ0v) is 12.9. The molecule has 0 bridgehead atoms. The topological polar surface area (TPSA) is 26.7 Å². The van der Waals surface area contributed by atoms with Gasteiger partial charge in [-0.25, -0.2) is 0 Å². The molecule has 21 heavy (non-hydrogen) atoms. The van der Waals surface area contributed by atoms with E-state index in [-0.39, 0.29) is 6.04 Å². The first-order chi connectivity index (χ1) is 10.2. The summed E-state index contributed by atoms with van der Waals surface area (Å²) in [6.07, 6.45) is 0.702. The fourth-order valence-corrected chi connectivity index (χ4v) is 3.36. The van der Waals surface area contributed by atoms with E-state index in [1.807, 2.05) is 18.2 Å². The summed E-state index contributed by atoms with van der Waals surface area (Å²) < 4.78 is 0. The van der Waals surface area contributed by atoms with Crippen molar-refractivity contribution in [2.75, 3.05) is 33.7 Å². The molecule has 2 unspecified atom stereocenters. The highest BCUT2D eigenvalue weighted by molar-refractivity contribution is 5.86. The summed E-state index contributed by atoms with van der Waals surface area (Å²) in [6, 6.07) is 14.7. The second-order valence-corrected chi connectivity index (χ2v) is 6.18. The van der Waals surface area contributed by atoms with Crippen molar-refractivity contribution >= 4 is 10.8 Å². The Kier molecular flexibility index (Phi) is 4.24. The van der Waals surface area contributed by atoms with E-state index < -0.39 is 6.10 Å². The van der Waals surface area contributed by atoms with Crippen molar-refractivity contribution in [3.05, 3.63) is 48.0 Å². The lowest BCUT2D eigenvalue weighted by Gasteiger charge is -2.32. The average molecular weight is 284 g/mol. The molecule has 1 fully saturated rings. The van der Waals surface area contributed by atoms with Crippen molar-refractivity contribution < 1.29 is 5.11 Å². The number of nitrogens with zero attached hydrogens (tertiary/aromatic N) is 2. The lowest BCUT2D eigenvalue weighted by Crippen LogP contribution is -2.42. The Labute approximate surface area is 126 Å². The molecular weight excluding hydrogens is 260 g/mol. The molecule has 2 atom stereocenters. The summed E-state index contributed by atoms with van der Waals surface area (Å²) >= 11 is 0. The largest absolute Gasteiger partial charge is 0.387 e. The number of hydrogen-bond donors (Lipinski definition) is 1. The number of hydrogen-bond acceptors (Lipinski definition) is 3. The summed E-state index contributed by atoms with van der Waals surface area (Å²) in [7, 11) is 4.26. The van der Waals surface area contributed by atoms with Crippen LogP contribution in [0.4, 0.5) is 0 Å². The van der Waals surface area contributed by atoms with E-state index in [1.54, 1.807) is 0 Å². The van der Waals surface area contributed by atoms with Crippen LogP contribution in [0.2, 0.25) is 0 Å². The maximum absolute atomic E-state index is 11.0. The van der Waals surface area contributed by atoms with Gasteiger partial charge in [0.05, 0.1) is 12.1 Å². The molecule has 0 radical (unpaired) electrons. The molecular formula is C18H24N2O. The van der Waals surface area contributed by atoms with Crippen LogP contribution in [0.15, 0.2) is 42.5 Å². The number of rotatable bonds is 2. The first kappa shape index (κ1) is 14.5. The Hall–Kier alpha value is -1.42. The number of likely N-dealkylation sites (N-methyl/N-ethyl adjacent to an activating group) is 2. The summed E-state index contributed by atoms with van der Waals surface area (Å²) in [4.78, 5) is 4.62. The van der Waals surface area contributed by atoms with Gasteiger partial charge >= 0.3 is 0 Å². The summed E-state index contributed by atoms with van der Waals surface area (Å²) in [5.41, 5.74) is 1.04. The van der Waals surface area contributed by atoms with Gasteiger partial charge in [-0.05, 0) is 49.9 Å². The molecule has 3 heteroatoms. The highest BCUT2D eigenvalue weighted by atomic mass is 16.3. The van der Waals surface area contributed by atoms with Gasteiger partial charge in [0.2, 0.25) is 0 Å². The summed E-state index contributed by atoms with van der Waals surface area (Å²) in [5.74, 6) is 0.